The van der Waals surface area contributed by atoms with Crippen LogP contribution < -0.4 is 5.32 Å². The van der Waals surface area contributed by atoms with Gasteiger partial charge < -0.3 is 10.2 Å². The van der Waals surface area contributed by atoms with Crippen LogP contribution >= 0.6 is 0 Å². The number of carbonyl (C=O) groups is 1. The number of rotatable bonds is 4. The molecule has 1 heterocycles. The molecule has 3 rings (SSSR count). The van der Waals surface area contributed by atoms with Crippen molar-refractivity contribution < 1.29 is 4.79 Å². The Morgan fingerprint density at radius 3 is 2.69 bits per heavy atom. The molecule has 1 saturated heterocycles. The summed E-state index contributed by atoms with van der Waals surface area (Å²) in [5.74, 6) is 0.369. The summed E-state index contributed by atoms with van der Waals surface area (Å²) in [5.41, 5.74) is 0.510. The molecule has 2 unspecified atom stereocenters. The molecule has 90 valence electrons. The van der Waals surface area contributed by atoms with Crippen molar-refractivity contribution in [2.45, 2.75) is 64.1 Å². The first-order valence-electron chi connectivity index (χ1n) is 6.64. The van der Waals surface area contributed by atoms with Crippen LogP contribution in [0.25, 0.3) is 0 Å². The molecule has 0 bridgehead atoms. The molecule has 3 heteroatoms. The first kappa shape index (κ1) is 10.6. The highest BCUT2D eigenvalue weighted by Crippen LogP contribution is 2.48. The first-order chi connectivity index (χ1) is 7.58. The largest absolute Gasteiger partial charge is 0.338 e. The van der Waals surface area contributed by atoms with Gasteiger partial charge in [-0.2, -0.15) is 0 Å². The van der Waals surface area contributed by atoms with Gasteiger partial charge >= 0.3 is 0 Å². The minimum Gasteiger partial charge on any atom is -0.338 e. The molecule has 2 saturated carbocycles. The number of carbonyl (C=O) groups excluding carboxylic acids is 1. The number of likely N-dealkylation sites (tertiary alicyclic amines) is 1. The summed E-state index contributed by atoms with van der Waals surface area (Å²) in [6.07, 6.45) is 5.86. The monoisotopic (exact) mass is 222 g/mol. The van der Waals surface area contributed by atoms with E-state index in [0.717, 1.165) is 13.0 Å². The van der Waals surface area contributed by atoms with Gasteiger partial charge in [0.25, 0.3) is 0 Å². The van der Waals surface area contributed by atoms with Crippen LogP contribution in [0.1, 0.15) is 46.0 Å². The molecular formula is C13H22N2O. The zero-order chi connectivity index (χ0) is 11.3. The molecule has 1 amide bonds. The van der Waals surface area contributed by atoms with Gasteiger partial charge in [-0.15, -0.1) is 0 Å². The van der Waals surface area contributed by atoms with E-state index in [1.807, 2.05) is 0 Å². The van der Waals surface area contributed by atoms with Crippen molar-refractivity contribution in [2.75, 3.05) is 6.54 Å². The summed E-state index contributed by atoms with van der Waals surface area (Å²) in [6.45, 7) is 5.57. The van der Waals surface area contributed by atoms with E-state index < -0.39 is 0 Å². The van der Waals surface area contributed by atoms with Crippen molar-refractivity contribution in [3.05, 3.63) is 0 Å². The van der Waals surface area contributed by atoms with Crippen LogP contribution in [0.15, 0.2) is 0 Å². The van der Waals surface area contributed by atoms with Crippen LogP contribution in [0.3, 0.4) is 0 Å². The fraction of sp³-hybridized carbons (Fsp3) is 0.923. The SMILES string of the molecule is CC(NC1CC(=O)N(C2CC2)C1)C1(C)CC1. The third kappa shape index (κ3) is 1.86. The number of nitrogens with zero attached hydrogens (tertiary/aromatic N) is 1. The van der Waals surface area contributed by atoms with E-state index in [9.17, 15) is 4.79 Å². The van der Waals surface area contributed by atoms with E-state index in [0.29, 0.717) is 29.4 Å². The topological polar surface area (TPSA) is 32.3 Å². The van der Waals surface area contributed by atoms with Gasteiger partial charge in [-0.05, 0) is 38.0 Å². The van der Waals surface area contributed by atoms with E-state index in [1.165, 1.54) is 25.7 Å². The number of hydrogen-bond acceptors (Lipinski definition) is 2. The highest BCUT2D eigenvalue weighted by molar-refractivity contribution is 5.80. The predicted molar refractivity (Wildman–Crippen MR) is 63.1 cm³/mol. The smallest absolute Gasteiger partial charge is 0.224 e. The van der Waals surface area contributed by atoms with Crippen molar-refractivity contribution in [2.24, 2.45) is 5.41 Å². The van der Waals surface area contributed by atoms with Gasteiger partial charge in [-0.3, -0.25) is 4.79 Å². The summed E-state index contributed by atoms with van der Waals surface area (Å²) in [6, 6.07) is 1.55. The highest BCUT2D eigenvalue weighted by Gasteiger charge is 2.45. The van der Waals surface area contributed by atoms with Crippen LogP contribution in [0.5, 0.6) is 0 Å². The van der Waals surface area contributed by atoms with E-state index in [-0.39, 0.29) is 0 Å². The molecule has 0 radical (unpaired) electrons. The Hall–Kier alpha value is -0.570. The lowest BCUT2D eigenvalue weighted by Crippen LogP contribution is -2.42. The van der Waals surface area contributed by atoms with Crippen molar-refractivity contribution in [3.63, 3.8) is 0 Å². The average Bonchev–Trinajstić information content (AvgIpc) is 3.11. The summed E-state index contributed by atoms with van der Waals surface area (Å²) in [7, 11) is 0. The molecule has 1 N–H and O–H groups in total. The molecule has 2 aliphatic carbocycles. The second-order valence-electron chi connectivity index (χ2n) is 6.22. The fourth-order valence-electron chi connectivity index (χ4n) is 2.77. The third-order valence-corrected chi connectivity index (χ3v) is 4.72. The predicted octanol–water partition coefficient (Wildman–Crippen LogP) is 1.53. The summed E-state index contributed by atoms with van der Waals surface area (Å²) in [5, 5.41) is 3.66. The van der Waals surface area contributed by atoms with E-state index in [2.05, 4.69) is 24.1 Å². The maximum atomic E-state index is 11.8. The molecule has 0 aromatic heterocycles. The number of hydrogen-bond donors (Lipinski definition) is 1. The van der Waals surface area contributed by atoms with Gasteiger partial charge in [0.2, 0.25) is 5.91 Å². The molecule has 3 nitrogen and oxygen atoms in total. The molecule has 0 aromatic carbocycles. The lowest BCUT2D eigenvalue weighted by molar-refractivity contribution is -0.128. The second kappa shape index (κ2) is 3.46. The van der Waals surface area contributed by atoms with Crippen molar-refractivity contribution in [1.82, 2.24) is 10.2 Å². The number of nitrogens with one attached hydrogen (secondary N) is 1. The summed E-state index contributed by atoms with van der Waals surface area (Å²) in [4.78, 5) is 13.9. The molecule has 16 heavy (non-hydrogen) atoms. The van der Waals surface area contributed by atoms with Gasteiger partial charge in [0.1, 0.15) is 0 Å². The average molecular weight is 222 g/mol. The highest BCUT2D eigenvalue weighted by atomic mass is 16.2. The Morgan fingerprint density at radius 1 is 1.44 bits per heavy atom. The summed E-state index contributed by atoms with van der Waals surface area (Å²) >= 11 is 0. The van der Waals surface area contributed by atoms with Crippen LogP contribution in [0, 0.1) is 5.41 Å². The van der Waals surface area contributed by atoms with Crippen LogP contribution in [-0.4, -0.2) is 35.5 Å². The van der Waals surface area contributed by atoms with Gasteiger partial charge in [-0.1, -0.05) is 6.92 Å². The molecule has 0 spiro atoms. The number of amides is 1. The fourth-order valence-corrected chi connectivity index (χ4v) is 2.77. The molecule has 3 fully saturated rings. The van der Waals surface area contributed by atoms with Crippen LogP contribution in [0.2, 0.25) is 0 Å². The molecule has 0 aromatic rings. The lowest BCUT2D eigenvalue weighted by atomic mass is 10.00. The lowest BCUT2D eigenvalue weighted by Gasteiger charge is -2.24. The molecule has 2 atom stereocenters. The summed E-state index contributed by atoms with van der Waals surface area (Å²) < 4.78 is 0. The van der Waals surface area contributed by atoms with E-state index >= 15 is 0 Å². The Balaban J connectivity index is 1.54. The quantitative estimate of drug-likeness (QED) is 0.782. The zero-order valence-corrected chi connectivity index (χ0v) is 10.3. The Labute approximate surface area is 97.6 Å². The van der Waals surface area contributed by atoms with Gasteiger partial charge in [0.15, 0.2) is 0 Å². The first-order valence-corrected chi connectivity index (χ1v) is 6.64. The van der Waals surface area contributed by atoms with Crippen LogP contribution in [0.4, 0.5) is 0 Å². The van der Waals surface area contributed by atoms with Gasteiger partial charge in [0, 0.05) is 31.1 Å². The zero-order valence-electron chi connectivity index (χ0n) is 10.3. The Kier molecular flexibility index (Phi) is 2.29. The van der Waals surface area contributed by atoms with Crippen LogP contribution in [-0.2, 0) is 4.79 Å². The third-order valence-electron chi connectivity index (χ3n) is 4.72. The van der Waals surface area contributed by atoms with E-state index in [1.54, 1.807) is 0 Å². The maximum Gasteiger partial charge on any atom is 0.224 e. The molecule has 1 aliphatic heterocycles. The maximum absolute atomic E-state index is 11.8. The second-order valence-corrected chi connectivity index (χ2v) is 6.22. The Bertz CT molecular complexity index is 307. The van der Waals surface area contributed by atoms with E-state index in [4.69, 9.17) is 0 Å². The molecule has 3 aliphatic rings. The normalized spacial score (nSPS) is 34.2. The molecular weight excluding hydrogens is 200 g/mol. The Morgan fingerprint density at radius 2 is 2.12 bits per heavy atom. The van der Waals surface area contributed by atoms with Crippen molar-refractivity contribution in [1.29, 1.82) is 0 Å². The standard InChI is InChI=1S/C13H22N2O/c1-9(13(2)5-6-13)14-10-7-12(16)15(8-10)11-3-4-11/h9-11,14H,3-8H2,1-2H3. The van der Waals surface area contributed by atoms with Gasteiger partial charge in [0.05, 0.1) is 0 Å². The van der Waals surface area contributed by atoms with Gasteiger partial charge in [-0.25, -0.2) is 0 Å². The minimum atomic E-state index is 0.369. The minimum absolute atomic E-state index is 0.369. The van der Waals surface area contributed by atoms with Crippen molar-refractivity contribution in [3.8, 4) is 0 Å². The van der Waals surface area contributed by atoms with Crippen molar-refractivity contribution >= 4 is 5.91 Å².